The van der Waals surface area contributed by atoms with Crippen LogP contribution in [-0.2, 0) is 4.79 Å². The van der Waals surface area contributed by atoms with Gasteiger partial charge >= 0.3 is 0 Å². The van der Waals surface area contributed by atoms with E-state index in [4.69, 9.17) is 10.2 Å². The zero-order chi connectivity index (χ0) is 15.4. The van der Waals surface area contributed by atoms with Crippen molar-refractivity contribution in [2.75, 3.05) is 5.32 Å². The Morgan fingerprint density at radius 3 is 2.52 bits per heavy atom. The molecule has 0 saturated heterocycles. The normalized spacial score (nSPS) is 12.4. The van der Waals surface area contributed by atoms with E-state index in [-0.39, 0.29) is 5.91 Å². The summed E-state index contributed by atoms with van der Waals surface area (Å²) in [6.45, 7) is 5.89. The molecule has 5 nitrogen and oxygen atoms in total. The van der Waals surface area contributed by atoms with Crippen LogP contribution in [-0.4, -0.2) is 16.9 Å². The highest BCUT2D eigenvalue weighted by Gasteiger charge is 2.15. The summed E-state index contributed by atoms with van der Waals surface area (Å²) in [7, 11) is 0. The van der Waals surface area contributed by atoms with Crippen molar-refractivity contribution in [2.45, 2.75) is 33.2 Å². The van der Waals surface area contributed by atoms with Crippen LogP contribution in [0.5, 0.6) is 0 Å². The molecule has 1 aromatic carbocycles. The summed E-state index contributed by atoms with van der Waals surface area (Å²) < 4.78 is 5.18. The minimum atomic E-state index is -0.483. The number of hydrogen-bond acceptors (Lipinski definition) is 4. The van der Waals surface area contributed by atoms with Crippen LogP contribution >= 0.6 is 0 Å². The fourth-order valence-electron chi connectivity index (χ4n) is 2.07. The van der Waals surface area contributed by atoms with Crippen molar-refractivity contribution in [3.8, 4) is 11.3 Å². The number of rotatable bonds is 5. The van der Waals surface area contributed by atoms with Gasteiger partial charge in [-0.25, -0.2) is 4.98 Å². The molecular formula is C16H21N3O2. The Bertz CT molecular complexity index is 602. The van der Waals surface area contributed by atoms with Gasteiger partial charge in [0.2, 0.25) is 5.91 Å². The van der Waals surface area contributed by atoms with Crippen LogP contribution in [0.15, 0.2) is 34.9 Å². The lowest BCUT2D eigenvalue weighted by Gasteiger charge is -2.14. The summed E-state index contributed by atoms with van der Waals surface area (Å²) in [5.41, 5.74) is 8.30. The molecular weight excluding hydrogens is 266 g/mol. The molecule has 1 aromatic heterocycles. The van der Waals surface area contributed by atoms with Gasteiger partial charge in [0.05, 0.1) is 6.04 Å². The van der Waals surface area contributed by atoms with Crippen LogP contribution in [0.4, 0.5) is 5.69 Å². The molecule has 1 atom stereocenters. The van der Waals surface area contributed by atoms with E-state index in [2.05, 4.69) is 10.3 Å². The third-order valence-electron chi connectivity index (χ3n) is 3.13. The monoisotopic (exact) mass is 287 g/mol. The summed E-state index contributed by atoms with van der Waals surface area (Å²) in [5.74, 6) is 0.860. The second-order valence-corrected chi connectivity index (χ2v) is 5.55. The maximum atomic E-state index is 11.9. The highest BCUT2D eigenvalue weighted by Crippen LogP contribution is 2.20. The lowest BCUT2D eigenvalue weighted by atomic mass is 10.0. The van der Waals surface area contributed by atoms with Crippen LogP contribution in [0.2, 0.25) is 0 Å². The molecule has 0 fully saturated rings. The molecule has 0 aliphatic rings. The van der Waals surface area contributed by atoms with Crippen molar-refractivity contribution in [1.29, 1.82) is 0 Å². The quantitative estimate of drug-likeness (QED) is 0.885. The minimum absolute atomic E-state index is 0.159. The smallest absolute Gasteiger partial charge is 0.241 e. The van der Waals surface area contributed by atoms with E-state index in [0.717, 1.165) is 16.9 Å². The Hall–Kier alpha value is -2.14. The average Bonchev–Trinajstić information content (AvgIpc) is 2.85. The van der Waals surface area contributed by atoms with Crippen molar-refractivity contribution >= 4 is 11.6 Å². The zero-order valence-electron chi connectivity index (χ0n) is 12.6. The van der Waals surface area contributed by atoms with Gasteiger partial charge in [0.1, 0.15) is 12.0 Å². The molecule has 0 aliphatic carbocycles. The third kappa shape index (κ3) is 4.16. The molecule has 3 N–H and O–H groups in total. The number of nitrogens with zero attached hydrogens (tertiary/aromatic N) is 1. The molecule has 112 valence electrons. The molecule has 5 heteroatoms. The molecule has 0 spiro atoms. The summed E-state index contributed by atoms with van der Waals surface area (Å²) >= 11 is 0. The van der Waals surface area contributed by atoms with Crippen LogP contribution in [0.25, 0.3) is 11.3 Å². The van der Waals surface area contributed by atoms with Crippen molar-refractivity contribution in [3.05, 3.63) is 36.4 Å². The minimum Gasteiger partial charge on any atom is -0.449 e. The Morgan fingerprint density at radius 2 is 2.00 bits per heavy atom. The number of nitrogens with one attached hydrogen (secondary N) is 1. The van der Waals surface area contributed by atoms with Crippen molar-refractivity contribution in [2.24, 2.45) is 11.7 Å². The first-order chi connectivity index (χ1) is 9.95. The van der Waals surface area contributed by atoms with Gasteiger partial charge in [-0.1, -0.05) is 26.0 Å². The second-order valence-electron chi connectivity index (χ2n) is 5.55. The van der Waals surface area contributed by atoms with Gasteiger partial charge in [0.15, 0.2) is 5.89 Å². The largest absolute Gasteiger partial charge is 0.449 e. The predicted octanol–water partition coefficient (Wildman–Crippen LogP) is 2.96. The number of benzene rings is 1. The number of anilines is 1. The second kappa shape index (κ2) is 6.54. The molecule has 1 heterocycles. The first kappa shape index (κ1) is 15.3. The van der Waals surface area contributed by atoms with Gasteiger partial charge in [-0.05, 0) is 24.5 Å². The number of nitrogens with two attached hydrogens (primary N) is 1. The Balaban J connectivity index is 2.01. The fraction of sp³-hybridized carbons (Fsp3) is 0.375. The number of aromatic nitrogens is 1. The SMILES string of the molecule is Cc1nc(-c2ccc(NC(=O)[C@@H](N)CC(C)C)cc2)co1. The number of aryl methyl sites for hydroxylation is 1. The third-order valence-corrected chi connectivity index (χ3v) is 3.13. The lowest BCUT2D eigenvalue weighted by molar-refractivity contribution is -0.117. The molecule has 0 unspecified atom stereocenters. The zero-order valence-corrected chi connectivity index (χ0v) is 12.6. The first-order valence-corrected chi connectivity index (χ1v) is 7.04. The maximum absolute atomic E-state index is 11.9. The molecule has 21 heavy (non-hydrogen) atoms. The summed E-state index contributed by atoms with van der Waals surface area (Å²) in [6, 6.07) is 6.96. The molecule has 2 rings (SSSR count). The van der Waals surface area contributed by atoms with Crippen LogP contribution < -0.4 is 11.1 Å². The average molecular weight is 287 g/mol. The van der Waals surface area contributed by atoms with E-state index < -0.39 is 6.04 Å². The predicted molar refractivity (Wildman–Crippen MR) is 82.7 cm³/mol. The molecule has 1 amide bonds. The van der Waals surface area contributed by atoms with Crippen LogP contribution in [0.3, 0.4) is 0 Å². The van der Waals surface area contributed by atoms with E-state index in [1.54, 1.807) is 13.2 Å². The highest BCUT2D eigenvalue weighted by atomic mass is 16.3. The topological polar surface area (TPSA) is 81.2 Å². The summed E-state index contributed by atoms with van der Waals surface area (Å²) in [6.07, 6.45) is 2.28. The molecule has 0 aliphatic heterocycles. The van der Waals surface area contributed by atoms with E-state index in [0.29, 0.717) is 18.2 Å². The first-order valence-electron chi connectivity index (χ1n) is 7.04. The highest BCUT2D eigenvalue weighted by molar-refractivity contribution is 5.94. The van der Waals surface area contributed by atoms with Crippen LogP contribution in [0.1, 0.15) is 26.2 Å². The summed E-state index contributed by atoms with van der Waals surface area (Å²) in [5, 5.41) is 2.82. The number of amides is 1. The molecule has 0 radical (unpaired) electrons. The van der Waals surface area contributed by atoms with Gasteiger partial charge < -0.3 is 15.5 Å². The summed E-state index contributed by atoms with van der Waals surface area (Å²) in [4.78, 5) is 16.2. The Morgan fingerprint density at radius 1 is 1.33 bits per heavy atom. The van der Waals surface area contributed by atoms with Gasteiger partial charge in [-0.3, -0.25) is 4.79 Å². The van der Waals surface area contributed by atoms with Gasteiger partial charge in [-0.15, -0.1) is 0 Å². The van der Waals surface area contributed by atoms with E-state index >= 15 is 0 Å². The lowest BCUT2D eigenvalue weighted by Crippen LogP contribution is -2.36. The number of hydrogen-bond donors (Lipinski definition) is 2. The molecule has 2 aromatic rings. The van der Waals surface area contributed by atoms with E-state index in [1.807, 2.05) is 38.1 Å². The van der Waals surface area contributed by atoms with Gasteiger partial charge in [0.25, 0.3) is 0 Å². The molecule has 0 bridgehead atoms. The van der Waals surface area contributed by atoms with E-state index in [9.17, 15) is 4.79 Å². The molecule has 0 saturated carbocycles. The number of oxazole rings is 1. The van der Waals surface area contributed by atoms with Crippen molar-refractivity contribution in [1.82, 2.24) is 4.98 Å². The number of carbonyl (C=O) groups excluding carboxylic acids is 1. The fourth-order valence-corrected chi connectivity index (χ4v) is 2.07. The van der Waals surface area contributed by atoms with Gasteiger partial charge in [0, 0.05) is 18.2 Å². The maximum Gasteiger partial charge on any atom is 0.241 e. The number of carbonyl (C=O) groups is 1. The Labute approximate surface area is 124 Å². The van der Waals surface area contributed by atoms with E-state index in [1.165, 1.54) is 0 Å². The van der Waals surface area contributed by atoms with Crippen molar-refractivity contribution < 1.29 is 9.21 Å². The van der Waals surface area contributed by atoms with Gasteiger partial charge in [-0.2, -0.15) is 0 Å². The van der Waals surface area contributed by atoms with Crippen LogP contribution in [0, 0.1) is 12.8 Å². The Kier molecular flexibility index (Phi) is 4.75. The standard InChI is InChI=1S/C16H21N3O2/c1-10(2)8-14(17)16(20)19-13-6-4-12(5-7-13)15-9-21-11(3)18-15/h4-7,9-10,14H,8,17H2,1-3H3,(H,19,20)/t14-/m0/s1. The van der Waals surface area contributed by atoms with Crippen molar-refractivity contribution in [3.63, 3.8) is 0 Å².